The van der Waals surface area contributed by atoms with Crippen LogP contribution in [-0.4, -0.2) is 54.3 Å². The van der Waals surface area contributed by atoms with Crippen molar-refractivity contribution in [3.05, 3.63) is 0 Å². The lowest BCUT2D eigenvalue weighted by atomic mass is 9.79. The van der Waals surface area contributed by atoms with Crippen molar-refractivity contribution < 1.29 is 9.59 Å². The molecule has 2 N–H and O–H groups in total. The summed E-state index contributed by atoms with van der Waals surface area (Å²) >= 11 is 0. The molecule has 3 unspecified atom stereocenters. The van der Waals surface area contributed by atoms with Crippen molar-refractivity contribution in [2.24, 2.45) is 17.6 Å². The average Bonchev–Trinajstić information content (AvgIpc) is 2.30. The number of carbonyl (C=O) groups excluding carboxylic acids is 2. The van der Waals surface area contributed by atoms with Crippen molar-refractivity contribution in [3.63, 3.8) is 0 Å². The van der Waals surface area contributed by atoms with E-state index in [1.807, 2.05) is 0 Å². The minimum absolute atomic E-state index is 0.0138. The third kappa shape index (κ3) is 2.83. The van der Waals surface area contributed by atoms with Gasteiger partial charge in [-0.1, -0.05) is 6.92 Å². The first-order chi connectivity index (χ1) is 8.47. The maximum atomic E-state index is 12.4. The standard InChI is InChI=1S/C13H23N3O2/c1-9-5-10(7-11(14)6-9)13(18)16-4-3-15(2)12(17)8-16/h9-11H,3-8,14H2,1-2H3. The molecule has 1 saturated carbocycles. The molecule has 2 amide bonds. The molecule has 5 nitrogen and oxygen atoms in total. The Morgan fingerprint density at radius 3 is 2.61 bits per heavy atom. The number of piperazine rings is 1. The first-order valence-corrected chi connectivity index (χ1v) is 6.75. The van der Waals surface area contributed by atoms with Crippen molar-refractivity contribution in [2.75, 3.05) is 26.7 Å². The molecule has 0 spiro atoms. The molecule has 102 valence electrons. The molecule has 5 heteroatoms. The average molecular weight is 253 g/mol. The summed E-state index contributed by atoms with van der Waals surface area (Å²) in [5.41, 5.74) is 5.99. The Bertz CT molecular complexity index is 335. The molecule has 1 aliphatic carbocycles. The zero-order chi connectivity index (χ0) is 13.3. The minimum atomic E-state index is 0.0138. The lowest BCUT2D eigenvalue weighted by molar-refractivity contribution is -0.147. The van der Waals surface area contributed by atoms with Gasteiger partial charge >= 0.3 is 0 Å². The smallest absolute Gasteiger partial charge is 0.241 e. The number of nitrogens with two attached hydrogens (primary N) is 1. The van der Waals surface area contributed by atoms with Gasteiger partial charge in [-0.25, -0.2) is 0 Å². The zero-order valence-corrected chi connectivity index (χ0v) is 11.3. The summed E-state index contributed by atoms with van der Waals surface area (Å²) in [4.78, 5) is 27.4. The second-order valence-electron chi connectivity index (χ2n) is 5.84. The van der Waals surface area contributed by atoms with Crippen LogP contribution in [0.25, 0.3) is 0 Å². The SMILES string of the molecule is CC1CC(N)CC(C(=O)N2CCN(C)C(=O)C2)C1. The van der Waals surface area contributed by atoms with Gasteiger partial charge in [0.1, 0.15) is 0 Å². The zero-order valence-electron chi connectivity index (χ0n) is 11.3. The topological polar surface area (TPSA) is 66.6 Å². The van der Waals surface area contributed by atoms with Gasteiger partial charge in [0.15, 0.2) is 0 Å². The van der Waals surface area contributed by atoms with Crippen LogP contribution in [-0.2, 0) is 9.59 Å². The highest BCUT2D eigenvalue weighted by atomic mass is 16.2. The van der Waals surface area contributed by atoms with Crippen molar-refractivity contribution in [1.82, 2.24) is 9.80 Å². The minimum Gasteiger partial charge on any atom is -0.342 e. The van der Waals surface area contributed by atoms with E-state index in [-0.39, 0.29) is 30.3 Å². The largest absolute Gasteiger partial charge is 0.342 e. The molecule has 2 aliphatic rings. The highest BCUT2D eigenvalue weighted by Gasteiger charge is 2.34. The molecule has 1 heterocycles. The van der Waals surface area contributed by atoms with E-state index in [2.05, 4.69) is 6.92 Å². The summed E-state index contributed by atoms with van der Waals surface area (Å²) in [7, 11) is 1.78. The van der Waals surface area contributed by atoms with Gasteiger partial charge < -0.3 is 15.5 Å². The lowest BCUT2D eigenvalue weighted by Crippen LogP contribution is -2.53. The normalized spacial score (nSPS) is 33.7. The summed E-state index contributed by atoms with van der Waals surface area (Å²) in [6.07, 6.45) is 2.68. The van der Waals surface area contributed by atoms with E-state index in [4.69, 9.17) is 5.73 Å². The molecule has 0 radical (unpaired) electrons. The van der Waals surface area contributed by atoms with E-state index in [0.29, 0.717) is 19.0 Å². The summed E-state index contributed by atoms with van der Waals surface area (Å²) < 4.78 is 0. The second-order valence-corrected chi connectivity index (χ2v) is 5.84. The Balaban J connectivity index is 1.96. The van der Waals surface area contributed by atoms with Gasteiger partial charge in [-0.2, -0.15) is 0 Å². The lowest BCUT2D eigenvalue weighted by Gasteiger charge is -2.37. The van der Waals surface area contributed by atoms with Gasteiger partial charge in [-0.3, -0.25) is 9.59 Å². The Hall–Kier alpha value is -1.10. The van der Waals surface area contributed by atoms with Crippen molar-refractivity contribution in [3.8, 4) is 0 Å². The molecule has 18 heavy (non-hydrogen) atoms. The third-order valence-electron chi connectivity index (χ3n) is 4.10. The molecule has 1 aliphatic heterocycles. The molecule has 2 rings (SSSR count). The summed E-state index contributed by atoms with van der Waals surface area (Å²) in [6.45, 7) is 3.67. The van der Waals surface area contributed by atoms with E-state index in [1.54, 1.807) is 16.8 Å². The first kappa shape index (κ1) is 13.3. The summed E-state index contributed by atoms with van der Waals surface area (Å²) in [5, 5.41) is 0. The van der Waals surface area contributed by atoms with Gasteiger partial charge in [-0.05, 0) is 25.2 Å². The molecule has 2 fully saturated rings. The number of hydrogen-bond acceptors (Lipinski definition) is 3. The summed E-state index contributed by atoms with van der Waals surface area (Å²) in [6, 6.07) is 0.130. The van der Waals surface area contributed by atoms with E-state index in [1.165, 1.54) is 0 Å². The quantitative estimate of drug-likeness (QED) is 0.718. The molecular weight excluding hydrogens is 230 g/mol. The van der Waals surface area contributed by atoms with Crippen LogP contribution in [0.3, 0.4) is 0 Å². The van der Waals surface area contributed by atoms with Crippen LogP contribution >= 0.6 is 0 Å². The molecule has 0 aromatic carbocycles. The van der Waals surface area contributed by atoms with Crippen LogP contribution in [0.15, 0.2) is 0 Å². The van der Waals surface area contributed by atoms with Crippen LogP contribution in [0.2, 0.25) is 0 Å². The molecule has 3 atom stereocenters. The van der Waals surface area contributed by atoms with Crippen LogP contribution in [0.5, 0.6) is 0 Å². The van der Waals surface area contributed by atoms with Crippen LogP contribution in [0, 0.1) is 11.8 Å². The Morgan fingerprint density at radius 2 is 2.00 bits per heavy atom. The Kier molecular flexibility index (Phi) is 3.90. The first-order valence-electron chi connectivity index (χ1n) is 6.75. The molecule has 1 saturated heterocycles. The van der Waals surface area contributed by atoms with Crippen LogP contribution < -0.4 is 5.73 Å². The Labute approximate surface area is 108 Å². The van der Waals surface area contributed by atoms with Crippen molar-refractivity contribution in [2.45, 2.75) is 32.2 Å². The number of amides is 2. The highest BCUT2D eigenvalue weighted by Crippen LogP contribution is 2.29. The van der Waals surface area contributed by atoms with Crippen LogP contribution in [0.4, 0.5) is 0 Å². The Morgan fingerprint density at radius 1 is 1.28 bits per heavy atom. The number of hydrogen-bond donors (Lipinski definition) is 1. The van der Waals surface area contributed by atoms with Gasteiger partial charge in [0.05, 0.1) is 6.54 Å². The van der Waals surface area contributed by atoms with Gasteiger partial charge in [-0.15, -0.1) is 0 Å². The molecule has 0 bridgehead atoms. The van der Waals surface area contributed by atoms with Crippen LogP contribution in [0.1, 0.15) is 26.2 Å². The third-order valence-corrected chi connectivity index (χ3v) is 4.10. The fourth-order valence-corrected chi connectivity index (χ4v) is 3.06. The molecule has 0 aromatic rings. The number of nitrogens with zero attached hydrogens (tertiary/aromatic N) is 2. The molecule has 0 aromatic heterocycles. The molecular formula is C13H23N3O2. The fraction of sp³-hybridized carbons (Fsp3) is 0.846. The maximum Gasteiger partial charge on any atom is 0.241 e. The van der Waals surface area contributed by atoms with Gasteiger partial charge in [0.25, 0.3) is 0 Å². The van der Waals surface area contributed by atoms with Crippen molar-refractivity contribution in [1.29, 1.82) is 0 Å². The van der Waals surface area contributed by atoms with Crippen molar-refractivity contribution >= 4 is 11.8 Å². The predicted octanol–water partition coefficient (Wildman–Crippen LogP) is 0.0505. The summed E-state index contributed by atoms with van der Waals surface area (Å²) in [5.74, 6) is 0.673. The van der Waals surface area contributed by atoms with E-state index >= 15 is 0 Å². The number of carbonyl (C=O) groups is 2. The van der Waals surface area contributed by atoms with E-state index in [0.717, 1.165) is 19.3 Å². The monoisotopic (exact) mass is 253 g/mol. The maximum absolute atomic E-state index is 12.4. The number of likely N-dealkylation sites (N-methyl/N-ethyl adjacent to an activating group) is 1. The predicted molar refractivity (Wildman–Crippen MR) is 68.7 cm³/mol. The van der Waals surface area contributed by atoms with Gasteiger partial charge in [0, 0.05) is 32.1 Å². The van der Waals surface area contributed by atoms with E-state index in [9.17, 15) is 9.59 Å². The van der Waals surface area contributed by atoms with Gasteiger partial charge in [0.2, 0.25) is 11.8 Å². The van der Waals surface area contributed by atoms with E-state index < -0.39 is 0 Å². The highest BCUT2D eigenvalue weighted by molar-refractivity contribution is 5.87. The fourth-order valence-electron chi connectivity index (χ4n) is 3.06. The number of rotatable bonds is 1. The second kappa shape index (κ2) is 5.26.